The third-order valence-electron chi connectivity index (χ3n) is 4.39. The third kappa shape index (κ3) is 4.69. The number of hydrogen-bond donors (Lipinski definition) is 3. The number of anilines is 2. The lowest BCUT2D eigenvalue weighted by molar-refractivity contribution is -0.117. The maximum absolute atomic E-state index is 12.1. The van der Waals surface area contributed by atoms with Gasteiger partial charge in [0.15, 0.2) is 0 Å². The summed E-state index contributed by atoms with van der Waals surface area (Å²) in [5.74, 6) is 0.234. The Morgan fingerprint density at radius 1 is 1.04 bits per heavy atom. The normalized spacial score (nSPS) is 19.2. The largest absolute Gasteiger partial charge is 0.335 e. The lowest BCUT2D eigenvalue weighted by Crippen LogP contribution is -2.44. The van der Waals surface area contributed by atoms with Crippen LogP contribution in [0.1, 0.15) is 25.7 Å². The van der Waals surface area contributed by atoms with Gasteiger partial charge in [0.25, 0.3) is 0 Å². The Labute approximate surface area is 136 Å². The van der Waals surface area contributed by atoms with Crippen LogP contribution < -0.4 is 16.0 Å². The van der Waals surface area contributed by atoms with Gasteiger partial charge in [-0.1, -0.05) is 6.07 Å². The fourth-order valence-corrected chi connectivity index (χ4v) is 2.77. The van der Waals surface area contributed by atoms with Crippen molar-refractivity contribution < 1.29 is 9.59 Å². The van der Waals surface area contributed by atoms with Gasteiger partial charge in [-0.3, -0.25) is 4.79 Å². The summed E-state index contributed by atoms with van der Waals surface area (Å²) in [4.78, 5) is 26.1. The van der Waals surface area contributed by atoms with E-state index in [1.165, 1.54) is 0 Å². The molecule has 0 atom stereocenters. The van der Waals surface area contributed by atoms with E-state index in [2.05, 4.69) is 27.9 Å². The van der Waals surface area contributed by atoms with Crippen molar-refractivity contribution >= 4 is 23.3 Å². The minimum atomic E-state index is -0.190. The quantitative estimate of drug-likeness (QED) is 0.797. The molecule has 1 saturated heterocycles. The minimum absolute atomic E-state index is 0.0675. The molecule has 6 nitrogen and oxygen atoms in total. The molecule has 2 aliphatic rings. The van der Waals surface area contributed by atoms with E-state index < -0.39 is 0 Å². The summed E-state index contributed by atoms with van der Waals surface area (Å²) >= 11 is 0. The molecule has 1 aromatic rings. The first-order valence-corrected chi connectivity index (χ1v) is 8.27. The number of rotatable bonds is 4. The number of carbonyl (C=O) groups is 2. The Kier molecular flexibility index (Phi) is 4.81. The van der Waals surface area contributed by atoms with Gasteiger partial charge in [-0.2, -0.15) is 0 Å². The summed E-state index contributed by atoms with van der Waals surface area (Å²) in [6.07, 6.45) is 3.90. The maximum atomic E-state index is 12.1. The number of nitrogens with zero attached hydrogens (tertiary/aromatic N) is 1. The lowest BCUT2D eigenvalue weighted by Gasteiger charge is -2.29. The molecule has 0 unspecified atom stereocenters. The Morgan fingerprint density at radius 2 is 1.70 bits per heavy atom. The summed E-state index contributed by atoms with van der Waals surface area (Å²) in [6, 6.07) is 7.30. The summed E-state index contributed by atoms with van der Waals surface area (Å²) in [6.45, 7) is 2.02. The van der Waals surface area contributed by atoms with Gasteiger partial charge >= 0.3 is 6.03 Å². The van der Waals surface area contributed by atoms with Crippen LogP contribution in [0.4, 0.5) is 16.2 Å². The van der Waals surface area contributed by atoms with E-state index in [4.69, 9.17) is 0 Å². The summed E-state index contributed by atoms with van der Waals surface area (Å²) in [5.41, 5.74) is 1.41. The average Bonchev–Trinajstić information content (AvgIpc) is 3.35. The first-order valence-electron chi connectivity index (χ1n) is 8.27. The molecule has 0 aromatic heterocycles. The molecule has 23 heavy (non-hydrogen) atoms. The van der Waals surface area contributed by atoms with Gasteiger partial charge in [0.2, 0.25) is 5.91 Å². The Balaban J connectivity index is 1.50. The molecule has 1 saturated carbocycles. The summed E-state index contributed by atoms with van der Waals surface area (Å²) < 4.78 is 0. The van der Waals surface area contributed by atoms with Crippen LogP contribution in [0.3, 0.4) is 0 Å². The van der Waals surface area contributed by atoms with Crippen LogP contribution in [0.25, 0.3) is 0 Å². The molecule has 6 heteroatoms. The molecule has 3 amide bonds. The van der Waals surface area contributed by atoms with E-state index in [1.54, 1.807) is 6.07 Å². The van der Waals surface area contributed by atoms with Crippen molar-refractivity contribution in [3.05, 3.63) is 24.3 Å². The van der Waals surface area contributed by atoms with Crippen LogP contribution >= 0.6 is 0 Å². The van der Waals surface area contributed by atoms with Gasteiger partial charge in [0.1, 0.15) is 0 Å². The van der Waals surface area contributed by atoms with Crippen LogP contribution in [0.5, 0.6) is 0 Å². The van der Waals surface area contributed by atoms with Crippen LogP contribution in [-0.4, -0.2) is 43.0 Å². The molecule has 3 N–H and O–H groups in total. The van der Waals surface area contributed by atoms with E-state index in [1.807, 2.05) is 18.2 Å². The molecule has 0 bridgehead atoms. The molecule has 1 aliphatic carbocycles. The zero-order valence-corrected chi connectivity index (χ0v) is 13.5. The highest BCUT2D eigenvalue weighted by atomic mass is 16.2. The minimum Gasteiger partial charge on any atom is -0.335 e. The number of piperidine rings is 1. The monoisotopic (exact) mass is 316 g/mol. The van der Waals surface area contributed by atoms with Crippen molar-refractivity contribution in [1.82, 2.24) is 10.2 Å². The molecule has 3 rings (SSSR count). The zero-order valence-electron chi connectivity index (χ0n) is 13.5. The number of amides is 3. The molecule has 1 aromatic carbocycles. The maximum Gasteiger partial charge on any atom is 0.319 e. The molecule has 2 fully saturated rings. The summed E-state index contributed by atoms with van der Waals surface area (Å²) in [7, 11) is 2.09. The lowest BCUT2D eigenvalue weighted by atomic mass is 10.1. The van der Waals surface area contributed by atoms with Crippen molar-refractivity contribution in [2.24, 2.45) is 5.92 Å². The number of hydrogen-bond acceptors (Lipinski definition) is 3. The molecule has 1 aliphatic heterocycles. The fourth-order valence-electron chi connectivity index (χ4n) is 2.77. The predicted molar refractivity (Wildman–Crippen MR) is 90.5 cm³/mol. The average molecular weight is 316 g/mol. The standard InChI is InChI=1S/C17H24N4O2/c1-21-9-7-13(8-10-21)19-17(23)20-15-4-2-3-14(11-15)18-16(22)12-5-6-12/h2-4,11-13H,5-10H2,1H3,(H,18,22)(H2,19,20,23). The van der Waals surface area contributed by atoms with Crippen LogP contribution in [-0.2, 0) is 4.79 Å². The number of urea groups is 1. The molecular formula is C17H24N4O2. The van der Waals surface area contributed by atoms with Crippen molar-refractivity contribution in [3.8, 4) is 0 Å². The van der Waals surface area contributed by atoms with Gasteiger partial charge in [-0.05, 0) is 64.0 Å². The topological polar surface area (TPSA) is 73.5 Å². The van der Waals surface area contributed by atoms with E-state index in [0.717, 1.165) is 44.5 Å². The van der Waals surface area contributed by atoms with E-state index in [0.29, 0.717) is 5.69 Å². The Hall–Kier alpha value is -2.08. The zero-order chi connectivity index (χ0) is 16.2. The van der Waals surface area contributed by atoms with Crippen molar-refractivity contribution in [2.75, 3.05) is 30.8 Å². The molecule has 124 valence electrons. The fraction of sp³-hybridized carbons (Fsp3) is 0.529. The van der Waals surface area contributed by atoms with Gasteiger partial charge in [-0.25, -0.2) is 4.79 Å². The molecule has 1 heterocycles. The first-order chi connectivity index (χ1) is 11.1. The van der Waals surface area contributed by atoms with E-state index in [-0.39, 0.29) is 23.9 Å². The number of likely N-dealkylation sites (tertiary alicyclic amines) is 1. The van der Waals surface area contributed by atoms with Crippen LogP contribution in [0, 0.1) is 5.92 Å². The van der Waals surface area contributed by atoms with Crippen molar-refractivity contribution in [1.29, 1.82) is 0 Å². The Morgan fingerprint density at radius 3 is 2.35 bits per heavy atom. The van der Waals surface area contributed by atoms with Crippen molar-refractivity contribution in [2.45, 2.75) is 31.7 Å². The SMILES string of the molecule is CN1CCC(NC(=O)Nc2cccc(NC(=O)C3CC3)c2)CC1. The van der Waals surface area contributed by atoms with E-state index >= 15 is 0 Å². The van der Waals surface area contributed by atoms with Crippen LogP contribution in [0.15, 0.2) is 24.3 Å². The molecule has 0 radical (unpaired) electrons. The highest BCUT2D eigenvalue weighted by Crippen LogP contribution is 2.30. The van der Waals surface area contributed by atoms with Gasteiger partial charge in [0.05, 0.1) is 0 Å². The first kappa shape index (κ1) is 15.8. The van der Waals surface area contributed by atoms with Crippen LogP contribution in [0.2, 0.25) is 0 Å². The van der Waals surface area contributed by atoms with Crippen molar-refractivity contribution in [3.63, 3.8) is 0 Å². The van der Waals surface area contributed by atoms with E-state index in [9.17, 15) is 9.59 Å². The summed E-state index contributed by atoms with van der Waals surface area (Å²) in [5, 5.41) is 8.74. The van der Waals surface area contributed by atoms with Gasteiger partial charge < -0.3 is 20.9 Å². The highest BCUT2D eigenvalue weighted by molar-refractivity contribution is 5.95. The third-order valence-corrected chi connectivity index (χ3v) is 4.39. The highest BCUT2D eigenvalue weighted by Gasteiger charge is 2.29. The number of benzene rings is 1. The smallest absolute Gasteiger partial charge is 0.319 e. The number of nitrogens with one attached hydrogen (secondary N) is 3. The second kappa shape index (κ2) is 7.00. The van der Waals surface area contributed by atoms with Gasteiger partial charge in [-0.15, -0.1) is 0 Å². The Bertz CT molecular complexity index is 578. The second-order valence-corrected chi connectivity index (χ2v) is 6.52. The molecular weight excluding hydrogens is 292 g/mol. The van der Waals surface area contributed by atoms with Gasteiger partial charge in [0, 0.05) is 23.3 Å². The molecule has 0 spiro atoms. The number of carbonyl (C=O) groups excluding carboxylic acids is 2. The second-order valence-electron chi connectivity index (χ2n) is 6.52. The predicted octanol–water partition coefficient (Wildman–Crippen LogP) is 2.25.